The van der Waals surface area contributed by atoms with Crippen LogP contribution in [0.1, 0.15) is 17.5 Å². The number of aliphatic imine (C=N–C) groups is 1. The number of ether oxygens (including phenoxy) is 4. The second kappa shape index (κ2) is 12.4. The highest BCUT2D eigenvalue weighted by Gasteiger charge is 2.20. The summed E-state index contributed by atoms with van der Waals surface area (Å²) in [6.07, 6.45) is 1.80. The molecule has 0 unspecified atom stereocenters. The first-order valence-electron chi connectivity index (χ1n) is 9.54. The van der Waals surface area contributed by atoms with Gasteiger partial charge >= 0.3 is 6.61 Å². The lowest BCUT2D eigenvalue weighted by atomic mass is 10.1. The van der Waals surface area contributed by atoms with E-state index in [1.165, 1.54) is 11.6 Å². The lowest BCUT2D eigenvalue weighted by Gasteiger charge is -2.15. The van der Waals surface area contributed by atoms with Crippen LogP contribution in [0.25, 0.3) is 0 Å². The third-order valence-corrected chi connectivity index (χ3v) is 4.54. The SMILES string of the molecule is CN=C(NCCCc1ccc(OC)cc1)NCc1cc2c(cc1OC(F)F)OCO2.I. The Hall–Kier alpha value is -2.50. The Morgan fingerprint density at radius 2 is 1.84 bits per heavy atom. The predicted octanol–water partition coefficient (Wildman–Crippen LogP) is 3.94. The van der Waals surface area contributed by atoms with Crippen LogP contribution in [0.2, 0.25) is 0 Å². The number of fused-ring (bicyclic) bond motifs is 1. The van der Waals surface area contributed by atoms with Gasteiger partial charge in [-0.3, -0.25) is 4.99 Å². The molecule has 0 saturated carbocycles. The molecule has 0 aliphatic carbocycles. The van der Waals surface area contributed by atoms with Gasteiger partial charge in [0.1, 0.15) is 11.5 Å². The molecule has 1 aliphatic heterocycles. The lowest BCUT2D eigenvalue weighted by molar-refractivity contribution is -0.0505. The quantitative estimate of drug-likeness (QED) is 0.214. The van der Waals surface area contributed by atoms with Crippen LogP contribution in [-0.4, -0.2) is 40.1 Å². The number of nitrogens with one attached hydrogen (secondary N) is 2. The summed E-state index contributed by atoms with van der Waals surface area (Å²) >= 11 is 0. The average molecular weight is 549 g/mol. The molecule has 0 radical (unpaired) electrons. The van der Waals surface area contributed by atoms with Gasteiger partial charge in [-0.25, -0.2) is 0 Å². The van der Waals surface area contributed by atoms with E-state index in [0.717, 1.165) is 18.6 Å². The first kappa shape index (κ1) is 24.8. The van der Waals surface area contributed by atoms with Crippen molar-refractivity contribution in [2.75, 3.05) is 27.5 Å². The Morgan fingerprint density at radius 1 is 1.13 bits per heavy atom. The smallest absolute Gasteiger partial charge is 0.387 e. The minimum absolute atomic E-state index is 0. The molecule has 31 heavy (non-hydrogen) atoms. The molecule has 3 rings (SSSR count). The Labute approximate surface area is 197 Å². The van der Waals surface area contributed by atoms with Gasteiger partial charge in [0.2, 0.25) is 6.79 Å². The highest BCUT2D eigenvalue weighted by molar-refractivity contribution is 14.0. The molecule has 2 N–H and O–H groups in total. The third-order valence-electron chi connectivity index (χ3n) is 4.54. The van der Waals surface area contributed by atoms with Gasteiger partial charge in [0.15, 0.2) is 17.5 Å². The number of guanidine groups is 1. The Morgan fingerprint density at radius 3 is 2.48 bits per heavy atom. The zero-order valence-corrected chi connectivity index (χ0v) is 19.7. The number of hydrogen-bond acceptors (Lipinski definition) is 5. The maximum atomic E-state index is 12.7. The van der Waals surface area contributed by atoms with Crippen LogP contribution in [0, 0.1) is 0 Å². The van der Waals surface area contributed by atoms with Gasteiger partial charge in [0.25, 0.3) is 0 Å². The number of aryl methyl sites for hydroxylation is 1. The van der Waals surface area contributed by atoms with E-state index >= 15 is 0 Å². The molecule has 0 bridgehead atoms. The molecule has 0 fully saturated rings. The summed E-state index contributed by atoms with van der Waals surface area (Å²) in [7, 11) is 3.29. The van der Waals surface area contributed by atoms with Crippen LogP contribution in [-0.2, 0) is 13.0 Å². The number of benzene rings is 2. The first-order valence-corrected chi connectivity index (χ1v) is 9.54. The maximum absolute atomic E-state index is 12.7. The summed E-state index contributed by atoms with van der Waals surface area (Å²) < 4.78 is 45.8. The molecule has 10 heteroatoms. The van der Waals surface area contributed by atoms with Crippen molar-refractivity contribution in [2.24, 2.45) is 4.99 Å². The minimum atomic E-state index is -2.93. The molecule has 1 heterocycles. The van der Waals surface area contributed by atoms with E-state index in [-0.39, 0.29) is 43.1 Å². The van der Waals surface area contributed by atoms with Crippen molar-refractivity contribution < 1.29 is 27.7 Å². The first-order chi connectivity index (χ1) is 14.6. The summed E-state index contributed by atoms with van der Waals surface area (Å²) in [5.41, 5.74) is 1.73. The molecule has 1 aliphatic rings. The largest absolute Gasteiger partial charge is 0.497 e. The van der Waals surface area contributed by atoms with Crippen molar-refractivity contribution in [1.82, 2.24) is 10.6 Å². The number of methoxy groups -OCH3 is 1. The number of halogens is 3. The number of nitrogens with zero attached hydrogens (tertiary/aromatic N) is 1. The van der Waals surface area contributed by atoms with E-state index in [2.05, 4.69) is 20.4 Å². The van der Waals surface area contributed by atoms with Crippen LogP contribution in [0.5, 0.6) is 23.0 Å². The standard InChI is InChI=1S/C21H25F2N3O4.HI/c1-24-21(25-9-3-4-14-5-7-16(27-2)8-6-14)26-12-15-10-18-19(29-13-28-18)11-17(15)30-20(22)23;/h5-8,10-11,20H,3-4,9,12-13H2,1-2H3,(H2,24,25,26);1H. The van der Waals surface area contributed by atoms with E-state index in [0.29, 0.717) is 29.6 Å². The molecule has 2 aromatic carbocycles. The number of rotatable bonds is 9. The van der Waals surface area contributed by atoms with Crippen molar-refractivity contribution in [3.63, 3.8) is 0 Å². The topological polar surface area (TPSA) is 73.3 Å². The van der Waals surface area contributed by atoms with E-state index in [9.17, 15) is 8.78 Å². The van der Waals surface area contributed by atoms with Gasteiger partial charge in [-0.1, -0.05) is 12.1 Å². The maximum Gasteiger partial charge on any atom is 0.387 e. The van der Waals surface area contributed by atoms with Crippen molar-refractivity contribution in [1.29, 1.82) is 0 Å². The fourth-order valence-electron chi connectivity index (χ4n) is 3.00. The average Bonchev–Trinajstić information content (AvgIpc) is 3.20. The zero-order valence-electron chi connectivity index (χ0n) is 17.3. The van der Waals surface area contributed by atoms with Crippen LogP contribution in [0.4, 0.5) is 8.78 Å². The van der Waals surface area contributed by atoms with Crippen LogP contribution < -0.4 is 29.6 Å². The number of alkyl halides is 2. The molecule has 2 aromatic rings. The highest BCUT2D eigenvalue weighted by atomic mass is 127. The Kier molecular flexibility index (Phi) is 9.89. The Bertz CT molecular complexity index is 866. The molecular formula is C21H26F2IN3O4. The zero-order chi connectivity index (χ0) is 21.3. The predicted molar refractivity (Wildman–Crippen MR) is 124 cm³/mol. The van der Waals surface area contributed by atoms with Crippen molar-refractivity contribution in [2.45, 2.75) is 26.0 Å². The summed E-state index contributed by atoms with van der Waals surface area (Å²) in [5.74, 6) is 2.31. The summed E-state index contributed by atoms with van der Waals surface area (Å²) in [4.78, 5) is 4.17. The van der Waals surface area contributed by atoms with Gasteiger partial charge in [0, 0.05) is 31.8 Å². The third kappa shape index (κ3) is 7.30. The van der Waals surface area contributed by atoms with Crippen LogP contribution in [0.15, 0.2) is 41.4 Å². The van der Waals surface area contributed by atoms with Crippen molar-refractivity contribution >= 4 is 29.9 Å². The molecule has 0 spiro atoms. The summed E-state index contributed by atoms with van der Waals surface area (Å²) in [5, 5.41) is 6.32. The molecule has 0 saturated heterocycles. The fraction of sp³-hybridized carbons (Fsp3) is 0.381. The second-order valence-electron chi connectivity index (χ2n) is 6.50. The van der Waals surface area contributed by atoms with E-state index < -0.39 is 6.61 Å². The normalized spacial score (nSPS) is 12.4. The van der Waals surface area contributed by atoms with E-state index in [4.69, 9.17) is 14.2 Å². The lowest BCUT2D eigenvalue weighted by Crippen LogP contribution is -2.37. The van der Waals surface area contributed by atoms with Crippen molar-refractivity contribution in [3.05, 3.63) is 47.5 Å². The Balaban J connectivity index is 0.00000341. The number of hydrogen-bond donors (Lipinski definition) is 2. The van der Waals surface area contributed by atoms with E-state index in [1.807, 2.05) is 24.3 Å². The van der Waals surface area contributed by atoms with Gasteiger partial charge in [-0.2, -0.15) is 8.78 Å². The van der Waals surface area contributed by atoms with Gasteiger partial charge in [-0.05, 0) is 36.6 Å². The van der Waals surface area contributed by atoms with Gasteiger partial charge in [0.05, 0.1) is 7.11 Å². The van der Waals surface area contributed by atoms with Crippen molar-refractivity contribution in [3.8, 4) is 23.0 Å². The molecule has 0 aromatic heterocycles. The minimum Gasteiger partial charge on any atom is -0.497 e. The molecule has 0 amide bonds. The summed E-state index contributed by atoms with van der Waals surface area (Å²) in [6.45, 7) is -1.94. The molecule has 0 atom stereocenters. The molecule has 170 valence electrons. The second-order valence-corrected chi connectivity index (χ2v) is 6.50. The molecule has 7 nitrogen and oxygen atoms in total. The highest BCUT2D eigenvalue weighted by Crippen LogP contribution is 2.38. The van der Waals surface area contributed by atoms with Gasteiger partial charge < -0.3 is 29.6 Å². The van der Waals surface area contributed by atoms with Crippen LogP contribution >= 0.6 is 24.0 Å². The summed E-state index contributed by atoms with van der Waals surface area (Å²) in [6, 6.07) is 11.0. The molecular weight excluding hydrogens is 523 g/mol. The van der Waals surface area contributed by atoms with Gasteiger partial charge in [-0.15, -0.1) is 24.0 Å². The van der Waals surface area contributed by atoms with Crippen LogP contribution in [0.3, 0.4) is 0 Å². The monoisotopic (exact) mass is 549 g/mol. The van der Waals surface area contributed by atoms with E-state index in [1.54, 1.807) is 20.2 Å². The fourth-order valence-corrected chi connectivity index (χ4v) is 3.00.